The first-order chi connectivity index (χ1) is 12.9. The van der Waals surface area contributed by atoms with Crippen LogP contribution >= 0.6 is 23.2 Å². The highest BCUT2D eigenvalue weighted by molar-refractivity contribution is 6.37. The molecule has 0 bridgehead atoms. The molecule has 5 nitrogen and oxygen atoms in total. The van der Waals surface area contributed by atoms with Crippen molar-refractivity contribution in [3.8, 4) is 0 Å². The van der Waals surface area contributed by atoms with E-state index in [2.05, 4.69) is 17.4 Å². The molecule has 7 heteroatoms. The van der Waals surface area contributed by atoms with E-state index in [4.69, 9.17) is 27.9 Å². The number of nitrogens with zero attached hydrogens (tertiary/aromatic N) is 1. The maximum absolute atomic E-state index is 12.6. The molecule has 1 amide bonds. The van der Waals surface area contributed by atoms with E-state index in [0.29, 0.717) is 0 Å². The lowest BCUT2D eigenvalue weighted by atomic mass is 10.1. The summed E-state index contributed by atoms with van der Waals surface area (Å²) in [6.07, 6.45) is 1.97. The number of nitrogens with one attached hydrogen (secondary N) is 1. The summed E-state index contributed by atoms with van der Waals surface area (Å²) in [6.45, 7) is 0.165. The standard InChI is InChI=1S/C20H20Cl2N2O3/c1-24(17-8-7-12-5-3-4-6-14(12)17)11-18(25)23-19-15(20(26)27-2)9-13(21)10-16(19)22/h3-6,9-10,17H,7-8,11H2,1-2H3,(H,23,25). The summed E-state index contributed by atoms with van der Waals surface area (Å²) < 4.78 is 4.75. The molecule has 142 valence electrons. The molecule has 1 N–H and O–H groups in total. The van der Waals surface area contributed by atoms with Gasteiger partial charge in [-0.2, -0.15) is 0 Å². The first-order valence-electron chi connectivity index (χ1n) is 8.56. The van der Waals surface area contributed by atoms with Crippen molar-refractivity contribution in [2.75, 3.05) is 26.0 Å². The number of likely N-dealkylation sites (N-methyl/N-ethyl adjacent to an activating group) is 1. The number of fused-ring (bicyclic) bond motifs is 1. The molecule has 0 saturated carbocycles. The van der Waals surface area contributed by atoms with Crippen LogP contribution in [0.5, 0.6) is 0 Å². The topological polar surface area (TPSA) is 58.6 Å². The van der Waals surface area contributed by atoms with Crippen LogP contribution in [0.25, 0.3) is 0 Å². The average molecular weight is 407 g/mol. The normalized spacial score (nSPS) is 15.5. The number of esters is 1. The van der Waals surface area contributed by atoms with E-state index >= 15 is 0 Å². The molecule has 2 aromatic carbocycles. The average Bonchev–Trinajstić information content (AvgIpc) is 3.07. The number of carbonyl (C=O) groups excluding carboxylic acids is 2. The van der Waals surface area contributed by atoms with Crippen LogP contribution in [-0.2, 0) is 16.0 Å². The molecule has 0 heterocycles. The van der Waals surface area contributed by atoms with Crippen molar-refractivity contribution in [3.63, 3.8) is 0 Å². The van der Waals surface area contributed by atoms with Crippen LogP contribution in [0.2, 0.25) is 10.0 Å². The van der Waals surface area contributed by atoms with Crippen LogP contribution in [-0.4, -0.2) is 37.5 Å². The largest absolute Gasteiger partial charge is 0.465 e. The predicted octanol–water partition coefficient (Wildman–Crippen LogP) is 4.34. The summed E-state index contributed by atoms with van der Waals surface area (Å²) in [4.78, 5) is 26.6. The minimum atomic E-state index is -0.618. The molecular weight excluding hydrogens is 387 g/mol. The number of methoxy groups -OCH3 is 1. The molecule has 0 aromatic heterocycles. The van der Waals surface area contributed by atoms with Crippen LogP contribution in [0.1, 0.15) is 33.9 Å². The van der Waals surface area contributed by atoms with Crippen molar-refractivity contribution >= 4 is 40.8 Å². The zero-order valence-corrected chi connectivity index (χ0v) is 16.6. The van der Waals surface area contributed by atoms with Crippen molar-refractivity contribution in [2.24, 2.45) is 0 Å². The van der Waals surface area contributed by atoms with Gasteiger partial charge in [0.2, 0.25) is 5.91 Å². The maximum atomic E-state index is 12.6. The van der Waals surface area contributed by atoms with Crippen LogP contribution in [0.4, 0.5) is 5.69 Å². The van der Waals surface area contributed by atoms with E-state index in [1.807, 2.05) is 24.1 Å². The quantitative estimate of drug-likeness (QED) is 0.750. The molecule has 0 aliphatic heterocycles. The Labute approximate surface area is 168 Å². The van der Waals surface area contributed by atoms with Gasteiger partial charge in [0, 0.05) is 11.1 Å². The molecule has 2 aromatic rings. The molecule has 27 heavy (non-hydrogen) atoms. The van der Waals surface area contributed by atoms with Gasteiger partial charge in [0.15, 0.2) is 0 Å². The second kappa shape index (κ2) is 8.30. The number of rotatable bonds is 5. The Hall–Kier alpha value is -2.08. The molecular formula is C20H20Cl2N2O3. The van der Waals surface area contributed by atoms with Gasteiger partial charge in [0.05, 0.1) is 29.9 Å². The number of hydrogen-bond donors (Lipinski definition) is 1. The Kier molecular flexibility index (Phi) is 6.05. The van der Waals surface area contributed by atoms with E-state index in [1.54, 1.807) is 0 Å². The van der Waals surface area contributed by atoms with Crippen LogP contribution in [0, 0.1) is 0 Å². The Balaban J connectivity index is 1.74. The number of amides is 1. The van der Waals surface area contributed by atoms with Gasteiger partial charge in [-0.15, -0.1) is 0 Å². The van der Waals surface area contributed by atoms with Crippen LogP contribution in [0.3, 0.4) is 0 Å². The summed E-state index contributed by atoms with van der Waals surface area (Å²) in [5.74, 6) is -0.885. The second-order valence-electron chi connectivity index (χ2n) is 6.52. The Morgan fingerprint density at radius 3 is 2.74 bits per heavy atom. The van der Waals surface area contributed by atoms with Crippen molar-refractivity contribution < 1.29 is 14.3 Å². The first-order valence-corrected chi connectivity index (χ1v) is 9.31. The highest BCUT2D eigenvalue weighted by Gasteiger charge is 2.27. The lowest BCUT2D eigenvalue weighted by molar-refractivity contribution is -0.117. The van der Waals surface area contributed by atoms with Crippen LogP contribution in [0.15, 0.2) is 36.4 Å². The lowest BCUT2D eigenvalue weighted by Crippen LogP contribution is -2.33. The second-order valence-corrected chi connectivity index (χ2v) is 7.36. The Morgan fingerprint density at radius 1 is 1.26 bits per heavy atom. The van der Waals surface area contributed by atoms with Crippen LogP contribution < -0.4 is 5.32 Å². The van der Waals surface area contributed by atoms with Gasteiger partial charge < -0.3 is 10.1 Å². The van der Waals surface area contributed by atoms with Crippen molar-refractivity contribution in [1.29, 1.82) is 0 Å². The smallest absolute Gasteiger partial charge is 0.340 e. The molecule has 3 rings (SSSR count). The Bertz CT molecular complexity index is 886. The fourth-order valence-electron chi connectivity index (χ4n) is 3.48. The summed E-state index contributed by atoms with van der Waals surface area (Å²) in [7, 11) is 3.17. The third-order valence-corrected chi connectivity index (χ3v) is 5.27. The number of halogens is 2. The molecule has 1 aliphatic rings. The van der Waals surface area contributed by atoms with Crippen molar-refractivity contribution in [3.05, 3.63) is 63.1 Å². The van der Waals surface area contributed by atoms with Crippen molar-refractivity contribution in [2.45, 2.75) is 18.9 Å². The number of anilines is 1. The number of ether oxygens (including phenoxy) is 1. The zero-order valence-electron chi connectivity index (χ0n) is 15.1. The van der Waals surface area contributed by atoms with E-state index < -0.39 is 5.97 Å². The third-order valence-electron chi connectivity index (χ3n) is 4.75. The SMILES string of the molecule is COC(=O)c1cc(Cl)cc(Cl)c1NC(=O)CN(C)C1CCc2ccccc21. The Morgan fingerprint density at radius 2 is 2.00 bits per heavy atom. The monoisotopic (exact) mass is 406 g/mol. The van der Waals surface area contributed by atoms with Gasteiger partial charge in [-0.1, -0.05) is 47.5 Å². The molecule has 1 atom stereocenters. The fourth-order valence-corrected chi connectivity index (χ4v) is 4.02. The third kappa shape index (κ3) is 4.26. The summed E-state index contributed by atoms with van der Waals surface area (Å²) in [5, 5.41) is 3.20. The van der Waals surface area contributed by atoms with E-state index in [1.165, 1.54) is 30.4 Å². The molecule has 1 unspecified atom stereocenters. The highest BCUT2D eigenvalue weighted by Crippen LogP contribution is 2.35. The van der Waals surface area contributed by atoms with Gasteiger partial charge in [-0.05, 0) is 43.1 Å². The number of hydrogen-bond acceptors (Lipinski definition) is 4. The first kappa shape index (κ1) is 19.7. The molecule has 0 fully saturated rings. The van der Waals surface area contributed by atoms with Crippen molar-refractivity contribution in [1.82, 2.24) is 4.90 Å². The number of aryl methyl sites for hydroxylation is 1. The van der Waals surface area contributed by atoms with Gasteiger partial charge in [-0.3, -0.25) is 9.69 Å². The van der Waals surface area contributed by atoms with Gasteiger partial charge in [0.25, 0.3) is 0 Å². The lowest BCUT2D eigenvalue weighted by Gasteiger charge is -2.25. The highest BCUT2D eigenvalue weighted by atomic mass is 35.5. The summed E-state index contributed by atoms with van der Waals surface area (Å²) in [5.41, 5.74) is 2.91. The number of benzene rings is 2. The molecule has 0 radical (unpaired) electrons. The molecule has 0 spiro atoms. The molecule has 1 aliphatic carbocycles. The minimum absolute atomic E-state index is 0.122. The fraction of sp³-hybridized carbons (Fsp3) is 0.300. The molecule has 0 saturated heterocycles. The van der Waals surface area contributed by atoms with Gasteiger partial charge in [0.1, 0.15) is 0 Å². The number of carbonyl (C=O) groups is 2. The van der Waals surface area contributed by atoms with E-state index in [-0.39, 0.29) is 39.8 Å². The summed E-state index contributed by atoms with van der Waals surface area (Å²) in [6, 6.07) is 11.4. The van der Waals surface area contributed by atoms with E-state index in [0.717, 1.165) is 12.8 Å². The maximum Gasteiger partial charge on any atom is 0.340 e. The zero-order chi connectivity index (χ0) is 19.6. The van der Waals surface area contributed by atoms with Gasteiger partial charge in [-0.25, -0.2) is 4.79 Å². The van der Waals surface area contributed by atoms with Gasteiger partial charge >= 0.3 is 5.97 Å². The van der Waals surface area contributed by atoms with E-state index in [9.17, 15) is 9.59 Å². The minimum Gasteiger partial charge on any atom is -0.465 e. The summed E-state index contributed by atoms with van der Waals surface area (Å²) >= 11 is 12.2. The predicted molar refractivity (Wildman–Crippen MR) is 107 cm³/mol.